The predicted molar refractivity (Wildman–Crippen MR) is 144 cm³/mol. The van der Waals surface area contributed by atoms with Gasteiger partial charge in [0.25, 0.3) is 5.91 Å². The van der Waals surface area contributed by atoms with Crippen LogP contribution in [0.1, 0.15) is 49.5 Å². The van der Waals surface area contributed by atoms with Crippen molar-refractivity contribution in [3.8, 4) is 11.3 Å². The fraction of sp³-hybridized carbons (Fsp3) is 0.357. The number of piperidine rings is 1. The summed E-state index contributed by atoms with van der Waals surface area (Å²) in [7, 11) is 0. The quantitative estimate of drug-likeness (QED) is 0.391. The van der Waals surface area contributed by atoms with Crippen LogP contribution in [0, 0.1) is 5.92 Å². The third-order valence-corrected chi connectivity index (χ3v) is 6.36. The molecule has 0 radical (unpaired) electrons. The Labute approximate surface area is 216 Å². The van der Waals surface area contributed by atoms with Gasteiger partial charge in [0.1, 0.15) is 12.0 Å². The van der Waals surface area contributed by atoms with Gasteiger partial charge in [0, 0.05) is 37.6 Å². The fourth-order valence-electron chi connectivity index (χ4n) is 4.62. The number of rotatable bonds is 4. The first kappa shape index (κ1) is 24.7. The van der Waals surface area contributed by atoms with Crippen LogP contribution >= 0.6 is 0 Å². The van der Waals surface area contributed by atoms with Crippen LogP contribution < -0.4 is 15.5 Å². The SMILES string of the molecule is CC(C)C.O=C1NCc2c(-c3cnc4cnccn34)ccc(Nc3ccc(N4CCC(F)CC4)cn3)c21. The molecule has 2 aliphatic rings. The van der Waals surface area contributed by atoms with E-state index in [1.54, 1.807) is 24.8 Å². The van der Waals surface area contributed by atoms with Gasteiger partial charge < -0.3 is 15.5 Å². The zero-order chi connectivity index (χ0) is 25.9. The van der Waals surface area contributed by atoms with Crippen LogP contribution in [-0.2, 0) is 6.54 Å². The maximum absolute atomic E-state index is 13.4. The second kappa shape index (κ2) is 10.5. The van der Waals surface area contributed by atoms with Crippen LogP contribution in [0.2, 0.25) is 0 Å². The molecule has 37 heavy (non-hydrogen) atoms. The average Bonchev–Trinajstić information content (AvgIpc) is 3.49. The number of benzene rings is 1. The molecule has 8 nitrogen and oxygen atoms in total. The number of hydrogen-bond acceptors (Lipinski definition) is 6. The number of nitrogens with one attached hydrogen (secondary N) is 2. The monoisotopic (exact) mass is 501 g/mol. The average molecular weight is 502 g/mol. The number of nitrogens with zero attached hydrogens (tertiary/aromatic N) is 5. The summed E-state index contributed by atoms with van der Waals surface area (Å²) in [5, 5.41) is 6.24. The molecule has 0 spiro atoms. The number of halogens is 1. The number of fused-ring (bicyclic) bond motifs is 2. The standard InChI is InChI=1S/C24H22FN7O.C4H10/c25-15-5-8-31(9-6-15)16-1-4-21(27-11-16)30-19-3-2-17(18-12-29-24(33)23(18)19)20-13-28-22-14-26-7-10-32(20)22;1-4(2)3/h1-4,7,10-11,13-15H,5-6,8-9,12H2,(H,27,30)(H,29,33);4H,1-3H3. The summed E-state index contributed by atoms with van der Waals surface area (Å²) in [6.45, 7) is 8.35. The molecule has 6 rings (SSSR count). The number of hydrogen-bond donors (Lipinski definition) is 2. The Bertz CT molecular complexity index is 1390. The van der Waals surface area contributed by atoms with Gasteiger partial charge in [-0.25, -0.2) is 14.4 Å². The Hall–Kier alpha value is -4.01. The van der Waals surface area contributed by atoms with E-state index in [9.17, 15) is 9.18 Å². The van der Waals surface area contributed by atoms with E-state index in [2.05, 4.69) is 51.3 Å². The molecule has 5 heterocycles. The van der Waals surface area contributed by atoms with Crippen molar-refractivity contribution in [2.75, 3.05) is 23.3 Å². The third kappa shape index (κ3) is 5.26. The van der Waals surface area contributed by atoms with Crippen LogP contribution in [-0.4, -0.2) is 44.5 Å². The van der Waals surface area contributed by atoms with Crippen molar-refractivity contribution in [2.45, 2.75) is 46.3 Å². The highest BCUT2D eigenvalue weighted by molar-refractivity contribution is 6.06. The number of carbonyl (C=O) groups excluding carboxylic acids is 1. The summed E-state index contributed by atoms with van der Waals surface area (Å²) < 4.78 is 15.4. The molecular weight excluding hydrogens is 469 g/mol. The molecule has 192 valence electrons. The number of amides is 1. The Balaban J connectivity index is 0.000000655. The number of pyridine rings is 1. The maximum Gasteiger partial charge on any atom is 0.254 e. The molecule has 1 amide bonds. The minimum atomic E-state index is -0.705. The Kier molecular flexibility index (Phi) is 7.03. The van der Waals surface area contributed by atoms with Gasteiger partial charge in [-0.2, -0.15) is 0 Å². The van der Waals surface area contributed by atoms with Crippen LogP contribution in [0.15, 0.2) is 55.2 Å². The lowest BCUT2D eigenvalue weighted by Crippen LogP contribution is -2.34. The summed E-state index contributed by atoms with van der Waals surface area (Å²) >= 11 is 0. The van der Waals surface area contributed by atoms with Crippen LogP contribution in [0.3, 0.4) is 0 Å². The van der Waals surface area contributed by atoms with E-state index in [4.69, 9.17) is 0 Å². The van der Waals surface area contributed by atoms with Gasteiger partial charge in [0.15, 0.2) is 5.65 Å². The molecule has 4 aromatic rings. The van der Waals surface area contributed by atoms with Gasteiger partial charge in [0.2, 0.25) is 0 Å². The second-order valence-corrected chi connectivity index (χ2v) is 10.1. The van der Waals surface area contributed by atoms with Crippen molar-refractivity contribution in [3.05, 3.63) is 66.4 Å². The zero-order valence-electron chi connectivity index (χ0n) is 21.4. The fourth-order valence-corrected chi connectivity index (χ4v) is 4.62. The van der Waals surface area contributed by atoms with Gasteiger partial charge in [-0.15, -0.1) is 0 Å². The Morgan fingerprint density at radius 3 is 2.57 bits per heavy atom. The normalized spacial score (nSPS) is 15.4. The summed E-state index contributed by atoms with van der Waals surface area (Å²) in [4.78, 5) is 27.9. The van der Waals surface area contributed by atoms with Crippen molar-refractivity contribution in [2.24, 2.45) is 5.92 Å². The zero-order valence-corrected chi connectivity index (χ0v) is 21.4. The Morgan fingerprint density at radius 1 is 1.05 bits per heavy atom. The van der Waals surface area contributed by atoms with E-state index >= 15 is 0 Å². The largest absolute Gasteiger partial charge is 0.370 e. The molecule has 3 aromatic heterocycles. The number of anilines is 3. The number of aromatic nitrogens is 4. The number of alkyl halides is 1. The van der Waals surface area contributed by atoms with Crippen molar-refractivity contribution in [3.63, 3.8) is 0 Å². The minimum Gasteiger partial charge on any atom is -0.370 e. The molecule has 1 aromatic carbocycles. The molecule has 0 bridgehead atoms. The van der Waals surface area contributed by atoms with Crippen molar-refractivity contribution >= 4 is 28.7 Å². The minimum absolute atomic E-state index is 0.115. The lowest BCUT2D eigenvalue weighted by atomic mass is 9.99. The molecule has 0 saturated carbocycles. The van der Waals surface area contributed by atoms with E-state index < -0.39 is 6.17 Å². The highest BCUT2D eigenvalue weighted by Gasteiger charge is 2.27. The lowest BCUT2D eigenvalue weighted by molar-refractivity contribution is 0.0966. The van der Waals surface area contributed by atoms with Crippen LogP contribution in [0.4, 0.5) is 21.6 Å². The van der Waals surface area contributed by atoms with Crippen molar-refractivity contribution < 1.29 is 9.18 Å². The maximum atomic E-state index is 13.4. The molecular formula is C28H32FN7O. The molecule has 0 unspecified atom stereocenters. The lowest BCUT2D eigenvalue weighted by Gasteiger charge is -2.30. The number of carbonyl (C=O) groups is 1. The van der Waals surface area contributed by atoms with Crippen molar-refractivity contribution in [1.82, 2.24) is 24.7 Å². The van der Waals surface area contributed by atoms with Crippen LogP contribution in [0.5, 0.6) is 0 Å². The molecule has 0 atom stereocenters. The topological polar surface area (TPSA) is 87.5 Å². The summed E-state index contributed by atoms with van der Waals surface area (Å²) in [5.41, 5.74) is 5.84. The first-order valence-electron chi connectivity index (χ1n) is 12.7. The van der Waals surface area contributed by atoms with E-state index in [0.717, 1.165) is 34.1 Å². The van der Waals surface area contributed by atoms with E-state index in [-0.39, 0.29) is 5.91 Å². The van der Waals surface area contributed by atoms with Gasteiger partial charge in [0.05, 0.1) is 41.2 Å². The first-order chi connectivity index (χ1) is 17.9. The molecule has 0 aliphatic carbocycles. The molecule has 1 saturated heterocycles. The molecule has 2 N–H and O–H groups in total. The predicted octanol–water partition coefficient (Wildman–Crippen LogP) is 5.38. The highest BCUT2D eigenvalue weighted by Crippen LogP contribution is 2.35. The van der Waals surface area contributed by atoms with Crippen LogP contribution in [0.25, 0.3) is 16.9 Å². The first-order valence-corrected chi connectivity index (χ1v) is 12.7. The third-order valence-electron chi connectivity index (χ3n) is 6.36. The number of imidazole rings is 1. The molecule has 2 aliphatic heterocycles. The summed E-state index contributed by atoms with van der Waals surface area (Å²) in [6.07, 6.45) is 9.28. The van der Waals surface area contributed by atoms with Crippen molar-refractivity contribution in [1.29, 1.82) is 0 Å². The second-order valence-electron chi connectivity index (χ2n) is 10.1. The van der Waals surface area contributed by atoms with Gasteiger partial charge >= 0.3 is 0 Å². The van der Waals surface area contributed by atoms with Gasteiger partial charge in [-0.05, 0) is 42.5 Å². The Morgan fingerprint density at radius 2 is 1.84 bits per heavy atom. The summed E-state index contributed by atoms with van der Waals surface area (Å²) in [6, 6.07) is 7.78. The molecule has 1 fully saturated rings. The highest BCUT2D eigenvalue weighted by atomic mass is 19.1. The van der Waals surface area contributed by atoms with E-state index in [1.807, 2.05) is 34.9 Å². The smallest absolute Gasteiger partial charge is 0.254 e. The molecule has 9 heteroatoms. The van der Waals surface area contributed by atoms with Gasteiger partial charge in [-0.1, -0.05) is 26.8 Å². The van der Waals surface area contributed by atoms with Gasteiger partial charge in [-0.3, -0.25) is 14.2 Å². The summed E-state index contributed by atoms with van der Waals surface area (Å²) in [5.74, 6) is 1.37. The van der Waals surface area contributed by atoms with E-state index in [0.29, 0.717) is 49.5 Å². The van der Waals surface area contributed by atoms with E-state index in [1.165, 1.54) is 0 Å².